The van der Waals surface area contributed by atoms with Gasteiger partial charge < -0.3 is 0 Å². The fourth-order valence-electron chi connectivity index (χ4n) is 2.54. The molecule has 0 bridgehead atoms. The van der Waals surface area contributed by atoms with E-state index in [1.54, 1.807) is 13.0 Å². The number of fused-ring (bicyclic) bond motifs is 1. The average Bonchev–Trinajstić information content (AvgIpc) is 3.00. The molecular weight excluding hydrogens is 347 g/mol. The van der Waals surface area contributed by atoms with Gasteiger partial charge in [0.15, 0.2) is 0 Å². The van der Waals surface area contributed by atoms with E-state index < -0.39 is 21.4 Å². The van der Waals surface area contributed by atoms with Crippen LogP contribution in [0.3, 0.4) is 0 Å². The van der Waals surface area contributed by atoms with Crippen LogP contribution >= 0.6 is 0 Å². The highest BCUT2D eigenvalue weighted by molar-refractivity contribution is 7.92. The maximum Gasteiger partial charge on any atom is 0.290 e. The summed E-state index contributed by atoms with van der Waals surface area (Å²) in [6, 6.07) is 5.46. The zero-order valence-corrected chi connectivity index (χ0v) is 14.8. The van der Waals surface area contributed by atoms with E-state index in [1.807, 2.05) is 6.92 Å². The first-order valence-electron chi connectivity index (χ1n) is 7.60. The van der Waals surface area contributed by atoms with E-state index in [4.69, 9.17) is 0 Å². The van der Waals surface area contributed by atoms with Gasteiger partial charge >= 0.3 is 0 Å². The lowest BCUT2D eigenvalue weighted by atomic mass is 10.2. The molecule has 1 aromatic carbocycles. The number of rotatable bonds is 4. The minimum atomic E-state index is -4.05. The Bertz CT molecular complexity index is 1130. The van der Waals surface area contributed by atoms with Crippen molar-refractivity contribution in [2.45, 2.75) is 25.2 Å². The van der Waals surface area contributed by atoms with Gasteiger partial charge in [-0.25, -0.2) is 17.5 Å². The maximum absolute atomic E-state index is 13.9. The molecule has 0 atom stereocenters. The highest BCUT2D eigenvalue weighted by Crippen LogP contribution is 2.21. The minimum absolute atomic E-state index is 0.132. The molecule has 0 aliphatic heterocycles. The third-order valence-electron chi connectivity index (χ3n) is 3.85. The molecule has 0 saturated heterocycles. The number of benzene rings is 1. The van der Waals surface area contributed by atoms with Crippen molar-refractivity contribution in [3.8, 4) is 0 Å². The third-order valence-corrected chi connectivity index (χ3v) is 5.18. The van der Waals surface area contributed by atoms with Gasteiger partial charge in [-0.05, 0) is 30.7 Å². The van der Waals surface area contributed by atoms with E-state index in [9.17, 15) is 17.6 Å². The third kappa shape index (κ3) is 3.02. The molecule has 1 N–H and O–H groups in total. The highest BCUT2D eigenvalue weighted by atomic mass is 32.2. The number of nitrogens with one attached hydrogen (secondary N) is 1. The Kier molecular flexibility index (Phi) is 4.11. The molecule has 0 radical (unpaired) electrons. The molecule has 0 spiro atoms. The first-order chi connectivity index (χ1) is 11.7. The van der Waals surface area contributed by atoms with Crippen molar-refractivity contribution < 1.29 is 12.8 Å². The number of nitrogens with zero attached hydrogens (tertiary/aromatic N) is 3. The van der Waals surface area contributed by atoms with Gasteiger partial charge in [-0.3, -0.25) is 13.9 Å². The van der Waals surface area contributed by atoms with Crippen LogP contribution in [0.25, 0.3) is 5.52 Å². The minimum Gasteiger partial charge on any atom is -0.297 e. The van der Waals surface area contributed by atoms with Crippen molar-refractivity contribution in [2.24, 2.45) is 7.05 Å². The van der Waals surface area contributed by atoms with Crippen molar-refractivity contribution in [3.63, 3.8) is 0 Å². The molecule has 0 amide bonds. The first kappa shape index (κ1) is 17.2. The van der Waals surface area contributed by atoms with E-state index in [0.717, 1.165) is 4.68 Å². The number of aromatic nitrogens is 3. The van der Waals surface area contributed by atoms with Crippen molar-refractivity contribution in [3.05, 3.63) is 58.0 Å². The molecule has 0 aliphatic rings. The van der Waals surface area contributed by atoms with Crippen LogP contribution < -0.4 is 10.3 Å². The molecule has 0 unspecified atom stereocenters. The summed E-state index contributed by atoms with van der Waals surface area (Å²) in [5, 5.41) is 4.11. The monoisotopic (exact) mass is 364 g/mol. The molecule has 2 aromatic heterocycles. The van der Waals surface area contributed by atoms with Crippen molar-refractivity contribution in [2.75, 3.05) is 4.72 Å². The molecule has 9 heteroatoms. The van der Waals surface area contributed by atoms with Gasteiger partial charge in [0.2, 0.25) is 0 Å². The van der Waals surface area contributed by atoms with Crippen LogP contribution in [0, 0.1) is 12.7 Å². The fourth-order valence-corrected chi connectivity index (χ4v) is 3.63. The molecule has 2 heterocycles. The Balaban J connectivity index is 2.11. The molecule has 3 rings (SSSR count). The van der Waals surface area contributed by atoms with Crippen molar-refractivity contribution in [1.82, 2.24) is 14.2 Å². The van der Waals surface area contributed by atoms with Crippen LogP contribution in [0.1, 0.15) is 18.3 Å². The molecule has 25 heavy (non-hydrogen) atoms. The molecule has 7 nitrogen and oxygen atoms in total. The lowest BCUT2D eigenvalue weighted by molar-refractivity contribution is 0.598. The van der Waals surface area contributed by atoms with Crippen LogP contribution in [0.2, 0.25) is 0 Å². The summed E-state index contributed by atoms with van der Waals surface area (Å²) in [5.74, 6) is -0.126. The van der Waals surface area contributed by atoms with Gasteiger partial charge in [-0.2, -0.15) is 5.10 Å². The van der Waals surface area contributed by atoms with Crippen molar-refractivity contribution >= 4 is 21.2 Å². The van der Waals surface area contributed by atoms with E-state index in [0.29, 0.717) is 17.8 Å². The van der Waals surface area contributed by atoms with Crippen LogP contribution in [0.4, 0.5) is 10.1 Å². The van der Waals surface area contributed by atoms with Crippen LogP contribution in [-0.2, 0) is 23.5 Å². The predicted octanol–water partition coefficient (Wildman–Crippen LogP) is 1.84. The largest absolute Gasteiger partial charge is 0.297 e. The summed E-state index contributed by atoms with van der Waals surface area (Å²) in [6.07, 6.45) is 1.83. The average molecular weight is 364 g/mol. The SMILES string of the molecule is CCc1nn(C)c(=O)c2cc(S(=O)(=O)Nc3ccc(C)cc3F)cn12. The Labute approximate surface area is 143 Å². The fraction of sp³-hybridized carbons (Fsp3) is 0.250. The van der Waals surface area contributed by atoms with Gasteiger partial charge in [0.25, 0.3) is 15.6 Å². The first-order valence-corrected chi connectivity index (χ1v) is 9.08. The summed E-state index contributed by atoms with van der Waals surface area (Å²) in [5.41, 5.74) is 0.305. The number of halogens is 1. The van der Waals surface area contributed by atoms with E-state index >= 15 is 0 Å². The zero-order valence-electron chi connectivity index (χ0n) is 13.9. The van der Waals surface area contributed by atoms with E-state index in [1.165, 1.54) is 35.8 Å². The smallest absolute Gasteiger partial charge is 0.290 e. The van der Waals surface area contributed by atoms with Gasteiger partial charge in [0, 0.05) is 19.7 Å². The Hall–Kier alpha value is -2.68. The Morgan fingerprint density at radius 3 is 2.64 bits per heavy atom. The van der Waals surface area contributed by atoms with Gasteiger partial charge in [0.05, 0.1) is 5.69 Å². The molecule has 0 saturated carbocycles. The molecule has 3 aromatic rings. The summed E-state index contributed by atoms with van der Waals surface area (Å²) in [4.78, 5) is 12.1. The number of aryl methyl sites for hydroxylation is 3. The number of hydrogen-bond acceptors (Lipinski definition) is 4. The second-order valence-electron chi connectivity index (χ2n) is 5.72. The second kappa shape index (κ2) is 5.99. The van der Waals surface area contributed by atoms with Crippen LogP contribution in [0.15, 0.2) is 40.2 Å². The quantitative estimate of drug-likeness (QED) is 0.765. The van der Waals surface area contributed by atoms with Gasteiger partial charge in [0.1, 0.15) is 22.1 Å². The van der Waals surface area contributed by atoms with Gasteiger partial charge in [-0.1, -0.05) is 13.0 Å². The molecule has 132 valence electrons. The number of sulfonamides is 1. The van der Waals surface area contributed by atoms with E-state index in [2.05, 4.69) is 9.82 Å². The van der Waals surface area contributed by atoms with Crippen LogP contribution in [0.5, 0.6) is 0 Å². The normalized spacial score (nSPS) is 11.8. The maximum atomic E-state index is 13.9. The number of anilines is 1. The zero-order chi connectivity index (χ0) is 18.4. The van der Waals surface area contributed by atoms with E-state index in [-0.39, 0.29) is 16.1 Å². The van der Waals surface area contributed by atoms with Crippen molar-refractivity contribution in [1.29, 1.82) is 0 Å². The second-order valence-corrected chi connectivity index (χ2v) is 7.40. The summed E-state index contributed by atoms with van der Waals surface area (Å²) in [6.45, 7) is 3.55. The lowest BCUT2D eigenvalue weighted by Crippen LogP contribution is -2.23. The topological polar surface area (TPSA) is 85.5 Å². The summed E-state index contributed by atoms with van der Waals surface area (Å²) >= 11 is 0. The summed E-state index contributed by atoms with van der Waals surface area (Å²) in [7, 11) is -2.55. The summed E-state index contributed by atoms with van der Waals surface area (Å²) < 4.78 is 43.9. The number of hydrogen-bond donors (Lipinski definition) is 1. The van der Waals surface area contributed by atoms with Crippen LogP contribution in [-0.4, -0.2) is 22.6 Å². The molecule has 0 fully saturated rings. The highest BCUT2D eigenvalue weighted by Gasteiger charge is 2.21. The standard InChI is InChI=1S/C16H17FN4O3S/c1-4-15-18-20(3)16(22)14-8-11(9-21(14)15)25(23,24)19-13-6-5-10(2)7-12(13)17/h5-9,19H,4H2,1-3H3. The molecular formula is C16H17FN4O3S. The van der Waals surface area contributed by atoms with Gasteiger partial charge in [-0.15, -0.1) is 0 Å². The lowest BCUT2D eigenvalue weighted by Gasteiger charge is -2.08. The Morgan fingerprint density at radius 1 is 1.28 bits per heavy atom. The molecule has 0 aliphatic carbocycles. The predicted molar refractivity (Wildman–Crippen MR) is 91.8 cm³/mol. The Morgan fingerprint density at radius 2 is 2.00 bits per heavy atom.